The summed E-state index contributed by atoms with van der Waals surface area (Å²) in [5.74, 6) is 0. The Morgan fingerprint density at radius 3 is 0.500 bits per heavy atom. The fourth-order valence-corrected chi connectivity index (χ4v) is 1.77. The van der Waals surface area contributed by atoms with Crippen LogP contribution in [0.2, 0.25) is 0 Å². The average molecular weight is 234 g/mol. The van der Waals surface area contributed by atoms with E-state index in [2.05, 4.69) is 18.1 Å². The molecule has 84 valence electrons. The zero-order valence-electron chi connectivity index (χ0n) is 9.07. The van der Waals surface area contributed by atoms with Crippen molar-refractivity contribution < 1.29 is 0 Å². The largest absolute Gasteiger partial charge is 0.287 e. The molecule has 0 aromatic carbocycles. The van der Waals surface area contributed by atoms with Crippen molar-refractivity contribution in [2.45, 2.75) is 64.2 Å². The first-order valence-corrected chi connectivity index (χ1v) is 6.50. The minimum atomic E-state index is 1.50. The molecule has 0 saturated heterocycles. The molecule has 0 amide bonds. The Bertz CT molecular complexity index is 66.9. The van der Waals surface area contributed by atoms with Crippen molar-refractivity contribution in [2.75, 3.05) is 0 Å². The van der Waals surface area contributed by atoms with E-state index in [-0.39, 0.29) is 0 Å². The highest BCUT2D eigenvalue weighted by molar-refractivity contribution is 7.02. The van der Waals surface area contributed by atoms with Crippen LogP contribution in [0.3, 0.4) is 0 Å². The van der Waals surface area contributed by atoms with Crippen LogP contribution >= 0.6 is 18.1 Å². The number of hydrogen-bond donors (Lipinski definition) is 2. The third-order valence-corrected chi connectivity index (χ3v) is 2.50. The molecule has 2 aliphatic carbocycles. The van der Waals surface area contributed by atoms with Gasteiger partial charge in [-0.15, -0.1) is 0 Å². The average Bonchev–Trinajstić information content (AvgIpc) is 3.01. The molecule has 0 bridgehead atoms. The summed E-state index contributed by atoms with van der Waals surface area (Å²) in [5, 5.41) is 11.1. The van der Waals surface area contributed by atoms with Crippen LogP contribution in [0.1, 0.15) is 64.2 Å². The van der Waals surface area contributed by atoms with Gasteiger partial charge in [0, 0.05) is 0 Å². The monoisotopic (exact) mass is 234 g/mol. The van der Waals surface area contributed by atoms with Gasteiger partial charge in [0.2, 0.25) is 0 Å². The molecule has 0 atom stereocenters. The first-order chi connectivity index (χ1) is 7.00. The molecule has 0 heterocycles. The van der Waals surface area contributed by atoms with Gasteiger partial charge in [0.1, 0.15) is 0 Å². The third-order valence-electron chi connectivity index (χ3n) is 2.50. The Labute approximate surface area is 93.1 Å². The Kier molecular flexibility index (Phi) is 22.4. The van der Waals surface area contributed by atoms with Gasteiger partial charge >= 0.3 is 0 Å². The van der Waals surface area contributed by atoms with Crippen molar-refractivity contribution in [1.29, 1.82) is 10.3 Å². The first kappa shape index (κ1) is 16.6. The van der Waals surface area contributed by atoms with E-state index in [1.54, 1.807) is 0 Å². The lowest BCUT2D eigenvalue weighted by molar-refractivity contribution is 0.886. The normalized spacial score (nSPS) is 17.7. The van der Waals surface area contributed by atoms with E-state index in [9.17, 15) is 0 Å². The molecule has 2 fully saturated rings. The fourth-order valence-electron chi connectivity index (χ4n) is 1.77. The number of nitrogens with one attached hydrogen (secondary N) is 2. The number of hydrogen-bond acceptors (Lipinski definition) is 2. The van der Waals surface area contributed by atoms with Gasteiger partial charge in [-0.2, -0.15) is 0 Å². The standard InChI is InChI=1S/2C5H10.2H2NP/c2*1-2-4-5-3-1;2*1-2/h2*1-5H2;2*1-2H. The fraction of sp³-hybridized carbons (Fsp3) is 1.00. The molecule has 2 nitrogen and oxygen atoms in total. The molecule has 2 saturated carbocycles. The van der Waals surface area contributed by atoms with Gasteiger partial charge in [-0.1, -0.05) is 64.2 Å². The van der Waals surface area contributed by atoms with Crippen molar-refractivity contribution in [3.63, 3.8) is 0 Å². The zero-order chi connectivity index (χ0) is 11.1. The van der Waals surface area contributed by atoms with Gasteiger partial charge in [0.05, 0.1) is 0 Å². The summed E-state index contributed by atoms with van der Waals surface area (Å²) in [6.45, 7) is 0. The minimum absolute atomic E-state index is 1.50. The van der Waals surface area contributed by atoms with E-state index in [4.69, 9.17) is 10.3 Å². The van der Waals surface area contributed by atoms with E-state index in [1.165, 1.54) is 64.2 Å². The Morgan fingerprint density at radius 1 is 0.357 bits per heavy atom. The van der Waals surface area contributed by atoms with Crippen LogP contribution in [0.15, 0.2) is 0 Å². The van der Waals surface area contributed by atoms with Crippen molar-refractivity contribution in [3.05, 3.63) is 0 Å². The van der Waals surface area contributed by atoms with E-state index < -0.39 is 0 Å². The Hall–Kier alpha value is 0.200. The van der Waals surface area contributed by atoms with E-state index in [1.807, 2.05) is 0 Å². The van der Waals surface area contributed by atoms with Crippen LogP contribution in [0.25, 0.3) is 0 Å². The summed E-state index contributed by atoms with van der Waals surface area (Å²) in [6, 6.07) is 0. The zero-order valence-corrected chi connectivity index (χ0v) is 11.1. The summed E-state index contributed by atoms with van der Waals surface area (Å²) in [5.41, 5.74) is 0. The predicted octanol–water partition coefficient (Wildman–Crippen LogP) is 5.68. The van der Waals surface area contributed by atoms with Gasteiger partial charge in [-0.25, -0.2) is 0 Å². The second-order valence-electron chi connectivity index (χ2n) is 3.54. The molecular weight excluding hydrogens is 210 g/mol. The molecule has 14 heavy (non-hydrogen) atoms. The van der Waals surface area contributed by atoms with Gasteiger partial charge in [0.25, 0.3) is 0 Å². The van der Waals surface area contributed by atoms with Gasteiger partial charge in [-0.3, -0.25) is 10.3 Å². The van der Waals surface area contributed by atoms with E-state index >= 15 is 0 Å². The summed E-state index contributed by atoms with van der Waals surface area (Å²) in [6.07, 6.45) is 15.0. The van der Waals surface area contributed by atoms with E-state index in [0.717, 1.165) is 0 Å². The molecule has 0 aromatic heterocycles. The molecule has 2 aliphatic rings. The Morgan fingerprint density at radius 2 is 0.429 bits per heavy atom. The number of rotatable bonds is 0. The Balaban J connectivity index is 0. The highest BCUT2D eigenvalue weighted by Gasteiger charge is 1.95. The lowest BCUT2D eigenvalue weighted by Crippen LogP contribution is -1.47. The van der Waals surface area contributed by atoms with Crippen molar-refractivity contribution in [2.24, 2.45) is 0 Å². The minimum Gasteiger partial charge on any atom is -0.287 e. The summed E-state index contributed by atoms with van der Waals surface area (Å²) >= 11 is 0. The second-order valence-corrected chi connectivity index (χ2v) is 3.54. The summed E-state index contributed by atoms with van der Waals surface area (Å²) in [4.78, 5) is 0. The highest BCUT2D eigenvalue weighted by Crippen LogP contribution is 2.15. The molecule has 2 rings (SSSR count). The molecule has 0 aromatic rings. The molecular formula is C10H24N2P2. The van der Waals surface area contributed by atoms with Crippen LogP contribution in [-0.2, 0) is 0 Å². The van der Waals surface area contributed by atoms with Crippen LogP contribution in [-0.4, -0.2) is 0 Å². The highest BCUT2D eigenvalue weighted by atomic mass is 31.0. The SMILES string of the molecule is C1CCCC1.C1CCCC1.N=P.N=P. The second kappa shape index (κ2) is 18.9. The predicted molar refractivity (Wildman–Crippen MR) is 68.2 cm³/mol. The van der Waals surface area contributed by atoms with Gasteiger partial charge in [-0.05, 0) is 18.1 Å². The van der Waals surface area contributed by atoms with Crippen LogP contribution in [0.4, 0.5) is 0 Å². The lowest BCUT2D eigenvalue weighted by Gasteiger charge is -1.67. The molecule has 0 unspecified atom stereocenters. The smallest absolute Gasteiger partial charge is 0.0185 e. The topological polar surface area (TPSA) is 47.7 Å². The molecule has 0 spiro atoms. The van der Waals surface area contributed by atoms with Crippen molar-refractivity contribution in [3.8, 4) is 0 Å². The maximum Gasteiger partial charge on any atom is -0.0185 e. The van der Waals surface area contributed by atoms with Crippen molar-refractivity contribution in [1.82, 2.24) is 0 Å². The van der Waals surface area contributed by atoms with Crippen molar-refractivity contribution >= 4 is 18.1 Å². The first-order valence-electron chi connectivity index (χ1n) is 5.50. The molecule has 4 heteroatoms. The maximum atomic E-state index is 5.56. The lowest BCUT2D eigenvalue weighted by atomic mass is 10.4. The quantitative estimate of drug-likeness (QED) is 0.506. The van der Waals surface area contributed by atoms with Crippen LogP contribution in [0.5, 0.6) is 0 Å². The third kappa shape index (κ3) is 14.7. The maximum absolute atomic E-state index is 5.56. The van der Waals surface area contributed by atoms with Gasteiger partial charge < -0.3 is 0 Å². The summed E-state index contributed by atoms with van der Waals surface area (Å²) in [7, 11) is 4.44. The van der Waals surface area contributed by atoms with E-state index in [0.29, 0.717) is 0 Å². The van der Waals surface area contributed by atoms with Crippen LogP contribution in [0, 0.1) is 10.3 Å². The molecule has 2 N–H and O–H groups in total. The van der Waals surface area contributed by atoms with Crippen LogP contribution < -0.4 is 0 Å². The molecule has 0 aliphatic heterocycles. The van der Waals surface area contributed by atoms with Gasteiger partial charge in [0.15, 0.2) is 0 Å². The summed E-state index contributed by atoms with van der Waals surface area (Å²) < 4.78 is 0. The molecule has 0 radical (unpaired) electrons.